The van der Waals surface area contributed by atoms with E-state index in [2.05, 4.69) is 227 Å². The Bertz CT molecular complexity index is 3410. The molecule has 280 valence electrons. The first-order chi connectivity index (χ1) is 30.3. The zero-order valence-electron chi connectivity index (χ0n) is 33.2. The second-order valence-electron chi connectivity index (χ2n) is 16.8. The predicted octanol–water partition coefficient (Wildman–Crippen LogP) is 10.0. The molecule has 0 saturated carbocycles. The van der Waals surface area contributed by atoms with Crippen LogP contribution < -0.4 is 42.6 Å². The summed E-state index contributed by atoms with van der Waals surface area (Å²) in [5.41, 5.74) is 19.1. The van der Waals surface area contributed by atoms with Crippen LogP contribution in [0.5, 0.6) is 0 Å². The van der Waals surface area contributed by atoms with E-state index in [-0.39, 0.29) is 13.4 Å². The lowest BCUT2D eigenvalue weighted by atomic mass is 9.19. The molecule has 0 saturated heterocycles. The molecule has 0 atom stereocenters. The number of hydrogen-bond acceptors (Lipinski definition) is 2. The lowest BCUT2D eigenvalue weighted by Crippen LogP contribution is -2.78. The summed E-state index contributed by atoms with van der Waals surface area (Å²) in [5.74, 6) is 0. The highest BCUT2D eigenvalue weighted by molar-refractivity contribution is 7.13. The molecule has 5 heteroatoms. The third-order valence-corrected chi connectivity index (χ3v) is 13.7. The van der Waals surface area contributed by atoms with Crippen LogP contribution in [0, 0.1) is 0 Å². The molecule has 0 fully saturated rings. The molecule has 0 unspecified atom stereocenters. The van der Waals surface area contributed by atoms with Gasteiger partial charge in [0.25, 0.3) is 6.71 Å². The average molecular weight is 772 g/mol. The molecule has 11 aromatic rings. The van der Waals surface area contributed by atoms with E-state index in [1.165, 1.54) is 110 Å². The second-order valence-corrected chi connectivity index (χ2v) is 16.8. The summed E-state index contributed by atoms with van der Waals surface area (Å²) in [6, 6.07) is 79.4. The van der Waals surface area contributed by atoms with Crippen molar-refractivity contribution in [3.05, 3.63) is 212 Å². The van der Waals surface area contributed by atoms with Crippen molar-refractivity contribution >= 4 is 124 Å². The summed E-state index contributed by atoms with van der Waals surface area (Å²) in [6.07, 6.45) is 0. The molecular formula is C56H35B2N3. The highest BCUT2D eigenvalue weighted by atomic mass is 15.2. The highest BCUT2D eigenvalue weighted by Crippen LogP contribution is 2.45. The maximum atomic E-state index is 2.56. The summed E-state index contributed by atoms with van der Waals surface area (Å²) in [4.78, 5) is 5.07. The molecular weight excluding hydrogens is 736 g/mol. The Balaban J connectivity index is 1.15. The zero-order valence-corrected chi connectivity index (χ0v) is 33.2. The van der Waals surface area contributed by atoms with Crippen molar-refractivity contribution in [2.75, 3.05) is 9.80 Å². The van der Waals surface area contributed by atoms with Crippen LogP contribution in [0.3, 0.4) is 0 Å². The first kappa shape index (κ1) is 33.1. The van der Waals surface area contributed by atoms with Crippen molar-refractivity contribution in [3.8, 4) is 5.69 Å². The Kier molecular flexibility index (Phi) is 6.73. The predicted molar refractivity (Wildman–Crippen MR) is 261 cm³/mol. The first-order valence-electron chi connectivity index (χ1n) is 21.3. The zero-order chi connectivity index (χ0) is 39.8. The molecule has 0 spiro atoms. The molecule has 4 heterocycles. The minimum Gasteiger partial charge on any atom is -0.311 e. The van der Waals surface area contributed by atoms with Crippen LogP contribution in [-0.2, 0) is 0 Å². The molecule has 10 aromatic carbocycles. The van der Waals surface area contributed by atoms with E-state index in [9.17, 15) is 0 Å². The summed E-state index contributed by atoms with van der Waals surface area (Å²) in [6.45, 7) is 0.0697. The van der Waals surface area contributed by atoms with E-state index < -0.39 is 0 Å². The number of benzene rings is 10. The standard InChI is InChI=1S/C56H35B2N3/c1-4-20-40(21-5-1)57-46-26-14-27-48-54(46)58-55-47(57)34-43(61-51-32-38-18-12-10-16-36(38)30-44(51)45-31-37-17-11-13-19-39(37)33-52(45)61)35-53(55)60(42-24-8-3-9-25-42)50-29-15-28-49(56(50)58)59(48)41-22-6-2-7-23-41/h1-35H. The summed E-state index contributed by atoms with van der Waals surface area (Å²) in [7, 11) is 0. The Hall–Kier alpha value is -7.75. The number of aromatic nitrogens is 1. The van der Waals surface area contributed by atoms with Gasteiger partial charge in [-0.3, -0.25) is 0 Å². The number of anilines is 6. The fraction of sp³-hybridized carbons (Fsp3) is 0. The monoisotopic (exact) mass is 771 g/mol. The van der Waals surface area contributed by atoms with Crippen molar-refractivity contribution in [2.24, 2.45) is 0 Å². The highest BCUT2D eigenvalue weighted by Gasteiger charge is 2.50. The van der Waals surface area contributed by atoms with Crippen LogP contribution in [0.4, 0.5) is 34.1 Å². The quantitative estimate of drug-likeness (QED) is 0.165. The molecule has 1 aromatic heterocycles. The fourth-order valence-corrected chi connectivity index (χ4v) is 11.3. The Morgan fingerprint density at radius 3 is 1.33 bits per heavy atom. The summed E-state index contributed by atoms with van der Waals surface area (Å²) >= 11 is 0. The smallest absolute Gasteiger partial charge is 0.250 e. The Morgan fingerprint density at radius 2 is 0.754 bits per heavy atom. The minimum absolute atomic E-state index is 0.0120. The maximum Gasteiger partial charge on any atom is 0.250 e. The molecule has 3 aliphatic heterocycles. The SMILES string of the molecule is c1ccc(B2c3cccc4c3B3c5c2cc(-n2c6cc7ccccc7cc6c6cc7ccccc7cc62)cc5N(c2ccccc2)c2cccc(c23)N4c2ccccc2)cc1. The molecule has 14 rings (SSSR count). The van der Waals surface area contributed by atoms with Crippen molar-refractivity contribution < 1.29 is 0 Å². The fourth-order valence-electron chi connectivity index (χ4n) is 11.3. The van der Waals surface area contributed by atoms with Crippen molar-refractivity contribution in [1.29, 1.82) is 0 Å². The Morgan fingerprint density at radius 1 is 0.295 bits per heavy atom. The van der Waals surface area contributed by atoms with E-state index in [0.29, 0.717) is 0 Å². The normalized spacial score (nSPS) is 13.4. The van der Waals surface area contributed by atoms with E-state index in [1.807, 2.05) is 0 Å². The number of rotatable bonds is 4. The van der Waals surface area contributed by atoms with Gasteiger partial charge in [0.05, 0.1) is 11.0 Å². The third-order valence-electron chi connectivity index (χ3n) is 13.7. The number of fused-ring (bicyclic) bond motifs is 5. The molecule has 3 aliphatic rings. The van der Waals surface area contributed by atoms with Gasteiger partial charge in [0.2, 0.25) is 6.71 Å². The molecule has 0 radical (unpaired) electrons. The van der Waals surface area contributed by atoms with Gasteiger partial charge in [0.1, 0.15) is 0 Å². The largest absolute Gasteiger partial charge is 0.311 e. The van der Waals surface area contributed by atoms with Gasteiger partial charge in [0.15, 0.2) is 0 Å². The molecule has 0 amide bonds. The first-order valence-corrected chi connectivity index (χ1v) is 21.3. The lowest BCUT2D eigenvalue weighted by Gasteiger charge is -2.48. The van der Waals surface area contributed by atoms with Gasteiger partial charge in [-0.15, -0.1) is 0 Å². The van der Waals surface area contributed by atoms with Crippen LogP contribution in [0.2, 0.25) is 0 Å². The van der Waals surface area contributed by atoms with Crippen LogP contribution in [0.15, 0.2) is 212 Å². The summed E-state index contributed by atoms with van der Waals surface area (Å²) in [5, 5.41) is 7.52. The number of para-hydroxylation sites is 2. The van der Waals surface area contributed by atoms with Crippen LogP contribution in [0.25, 0.3) is 49.0 Å². The number of hydrogen-bond donors (Lipinski definition) is 0. The van der Waals surface area contributed by atoms with E-state index >= 15 is 0 Å². The maximum absolute atomic E-state index is 2.56. The average Bonchev–Trinajstić information content (AvgIpc) is 3.62. The van der Waals surface area contributed by atoms with E-state index in [0.717, 1.165) is 5.69 Å². The Labute approximate surface area is 354 Å². The van der Waals surface area contributed by atoms with Gasteiger partial charge < -0.3 is 14.4 Å². The molecule has 3 nitrogen and oxygen atoms in total. The summed E-state index contributed by atoms with van der Waals surface area (Å²) < 4.78 is 2.56. The van der Waals surface area contributed by atoms with Gasteiger partial charge in [-0.05, 0) is 117 Å². The molecule has 0 aliphatic carbocycles. The lowest BCUT2D eigenvalue weighted by molar-refractivity contribution is 1.18. The number of nitrogens with zero attached hydrogens (tertiary/aromatic N) is 3. The van der Waals surface area contributed by atoms with Crippen molar-refractivity contribution in [3.63, 3.8) is 0 Å². The van der Waals surface area contributed by atoms with Crippen LogP contribution in [0.1, 0.15) is 0 Å². The third kappa shape index (κ3) is 4.55. The topological polar surface area (TPSA) is 11.4 Å². The van der Waals surface area contributed by atoms with Crippen molar-refractivity contribution in [2.45, 2.75) is 0 Å². The second kappa shape index (κ2) is 12.4. The van der Waals surface area contributed by atoms with Gasteiger partial charge in [-0.1, -0.05) is 150 Å². The van der Waals surface area contributed by atoms with Crippen LogP contribution >= 0.6 is 0 Å². The van der Waals surface area contributed by atoms with Gasteiger partial charge in [0, 0.05) is 50.6 Å². The molecule has 0 N–H and O–H groups in total. The molecule has 61 heavy (non-hydrogen) atoms. The minimum atomic E-state index is 0.0120. The van der Waals surface area contributed by atoms with Crippen molar-refractivity contribution in [1.82, 2.24) is 4.57 Å². The molecule has 0 bridgehead atoms. The van der Waals surface area contributed by atoms with Gasteiger partial charge in [-0.2, -0.15) is 0 Å². The van der Waals surface area contributed by atoms with Gasteiger partial charge >= 0.3 is 0 Å². The van der Waals surface area contributed by atoms with Gasteiger partial charge in [-0.25, -0.2) is 0 Å². The van der Waals surface area contributed by atoms with E-state index in [4.69, 9.17) is 0 Å². The van der Waals surface area contributed by atoms with Crippen LogP contribution in [-0.4, -0.2) is 18.0 Å². The van der Waals surface area contributed by atoms with E-state index in [1.54, 1.807) is 0 Å².